The number of aromatic amines is 1. The number of ether oxygens (including phenoxy) is 1. The smallest absolute Gasteiger partial charge is 0.305 e. The Labute approximate surface area is 177 Å². The van der Waals surface area contributed by atoms with Crippen LogP contribution in [0.4, 0.5) is 0 Å². The predicted molar refractivity (Wildman–Crippen MR) is 118 cm³/mol. The van der Waals surface area contributed by atoms with Crippen molar-refractivity contribution in [1.82, 2.24) is 9.71 Å². The van der Waals surface area contributed by atoms with E-state index in [1.165, 1.54) is 0 Å². The maximum atomic E-state index is 12.6. The third-order valence-corrected chi connectivity index (χ3v) is 6.68. The van der Waals surface area contributed by atoms with Gasteiger partial charge in [-0.1, -0.05) is 37.3 Å². The van der Waals surface area contributed by atoms with Gasteiger partial charge in [0.25, 0.3) is 0 Å². The largest absolute Gasteiger partial charge is 0.466 e. The molecule has 0 radical (unpaired) electrons. The summed E-state index contributed by atoms with van der Waals surface area (Å²) in [5, 5.41) is 1.11. The van der Waals surface area contributed by atoms with Gasteiger partial charge >= 0.3 is 5.97 Å². The number of aromatic nitrogens is 1. The quantitative estimate of drug-likeness (QED) is 0.475. The zero-order valence-corrected chi connectivity index (χ0v) is 18.2. The molecule has 1 heterocycles. The van der Waals surface area contributed by atoms with Gasteiger partial charge in [-0.2, -0.15) is 0 Å². The topological polar surface area (TPSA) is 88.3 Å². The third-order valence-electron chi connectivity index (χ3n) is 5.21. The van der Waals surface area contributed by atoms with E-state index in [1.807, 2.05) is 49.5 Å². The molecular weight excluding hydrogens is 400 g/mol. The lowest BCUT2D eigenvalue weighted by molar-refractivity contribution is -0.143. The molecule has 160 valence electrons. The van der Waals surface area contributed by atoms with E-state index in [2.05, 4.69) is 9.71 Å². The van der Waals surface area contributed by atoms with E-state index in [4.69, 9.17) is 4.74 Å². The van der Waals surface area contributed by atoms with Crippen LogP contribution in [-0.2, 0) is 26.0 Å². The molecular formula is C23H28N2O4S. The molecule has 3 rings (SSSR count). The van der Waals surface area contributed by atoms with Gasteiger partial charge in [-0.25, -0.2) is 13.1 Å². The van der Waals surface area contributed by atoms with Gasteiger partial charge in [0.2, 0.25) is 10.0 Å². The number of nitrogens with one attached hydrogen (secondary N) is 2. The molecule has 2 aromatic carbocycles. The summed E-state index contributed by atoms with van der Waals surface area (Å²) < 4.78 is 32.9. The minimum Gasteiger partial charge on any atom is -0.466 e. The Balaban J connectivity index is 1.56. The molecule has 0 aliphatic carbocycles. The molecule has 1 aromatic heterocycles. The number of para-hydroxylation sites is 1. The first kappa shape index (κ1) is 22.1. The summed E-state index contributed by atoms with van der Waals surface area (Å²) in [5.74, 6) is -0.0658. The first-order chi connectivity index (χ1) is 14.4. The standard InChI is InChI=1S/C23H28N2O4S/c1-3-29-23(26)13-8-17(2)18-9-11-20(12-10-18)30(27,28)25-15-14-19-16-24-22-7-5-4-6-21(19)22/h4-7,9-12,16-17,24-25H,3,8,13-15H2,1-2H3/t17-/m0/s1. The summed E-state index contributed by atoms with van der Waals surface area (Å²) in [5.41, 5.74) is 3.12. The van der Waals surface area contributed by atoms with Crippen LogP contribution in [0.3, 0.4) is 0 Å². The highest BCUT2D eigenvalue weighted by Gasteiger charge is 2.15. The number of hydrogen-bond donors (Lipinski definition) is 2. The second-order valence-electron chi connectivity index (χ2n) is 7.32. The molecule has 0 fully saturated rings. The lowest BCUT2D eigenvalue weighted by Gasteiger charge is -2.12. The second kappa shape index (κ2) is 9.91. The van der Waals surface area contributed by atoms with E-state index < -0.39 is 10.0 Å². The number of H-pyrrole nitrogens is 1. The van der Waals surface area contributed by atoms with E-state index in [-0.39, 0.29) is 16.8 Å². The highest BCUT2D eigenvalue weighted by atomic mass is 32.2. The molecule has 0 bridgehead atoms. The fourth-order valence-corrected chi connectivity index (χ4v) is 4.48. The molecule has 1 atom stereocenters. The van der Waals surface area contributed by atoms with Crippen molar-refractivity contribution in [1.29, 1.82) is 0 Å². The van der Waals surface area contributed by atoms with E-state index in [0.717, 1.165) is 22.0 Å². The average molecular weight is 429 g/mol. The van der Waals surface area contributed by atoms with E-state index in [0.29, 0.717) is 32.4 Å². The molecule has 0 spiro atoms. The average Bonchev–Trinajstić information content (AvgIpc) is 3.15. The van der Waals surface area contributed by atoms with Gasteiger partial charge in [0.05, 0.1) is 11.5 Å². The second-order valence-corrected chi connectivity index (χ2v) is 9.09. The van der Waals surface area contributed by atoms with Crippen molar-refractivity contribution in [3.05, 3.63) is 65.9 Å². The van der Waals surface area contributed by atoms with Crippen molar-refractivity contribution in [3.63, 3.8) is 0 Å². The summed E-state index contributed by atoms with van der Waals surface area (Å²) in [6.45, 7) is 4.51. The molecule has 0 saturated carbocycles. The monoisotopic (exact) mass is 428 g/mol. The third kappa shape index (κ3) is 5.49. The molecule has 0 saturated heterocycles. The van der Waals surface area contributed by atoms with Gasteiger partial charge in [0, 0.05) is 30.1 Å². The Morgan fingerprint density at radius 3 is 2.60 bits per heavy atom. The molecule has 0 unspecified atom stereocenters. The number of carbonyl (C=O) groups excluding carboxylic acids is 1. The van der Waals surface area contributed by atoms with Gasteiger partial charge in [-0.05, 0) is 55.0 Å². The number of esters is 1. The normalized spacial score (nSPS) is 12.7. The Kier molecular flexibility index (Phi) is 7.29. The molecule has 6 nitrogen and oxygen atoms in total. The molecule has 0 aliphatic heterocycles. The van der Waals surface area contributed by atoms with Crippen molar-refractivity contribution >= 4 is 26.9 Å². The van der Waals surface area contributed by atoms with Gasteiger partial charge in [-0.15, -0.1) is 0 Å². The number of benzene rings is 2. The van der Waals surface area contributed by atoms with Crippen LogP contribution in [-0.4, -0.2) is 32.5 Å². The van der Waals surface area contributed by atoms with Gasteiger partial charge in [-0.3, -0.25) is 4.79 Å². The highest BCUT2D eigenvalue weighted by Crippen LogP contribution is 2.23. The predicted octanol–water partition coefficient (Wildman–Crippen LogP) is 4.14. The van der Waals surface area contributed by atoms with Crippen LogP contribution in [0.2, 0.25) is 0 Å². The van der Waals surface area contributed by atoms with Crippen molar-refractivity contribution in [3.8, 4) is 0 Å². The summed E-state index contributed by atoms with van der Waals surface area (Å²) in [4.78, 5) is 15.0. The first-order valence-corrected chi connectivity index (χ1v) is 11.7. The van der Waals surface area contributed by atoms with E-state index in [1.54, 1.807) is 19.1 Å². The van der Waals surface area contributed by atoms with Crippen molar-refractivity contribution in [2.75, 3.05) is 13.2 Å². The lowest BCUT2D eigenvalue weighted by atomic mass is 9.96. The van der Waals surface area contributed by atoms with Crippen LogP contribution in [0.25, 0.3) is 10.9 Å². The van der Waals surface area contributed by atoms with Crippen LogP contribution < -0.4 is 4.72 Å². The summed E-state index contributed by atoms with van der Waals surface area (Å²) in [6, 6.07) is 14.8. The van der Waals surface area contributed by atoms with Crippen molar-refractivity contribution in [2.24, 2.45) is 0 Å². The number of sulfonamides is 1. The van der Waals surface area contributed by atoms with E-state index in [9.17, 15) is 13.2 Å². The molecule has 7 heteroatoms. The van der Waals surface area contributed by atoms with Crippen LogP contribution in [0.5, 0.6) is 0 Å². The Morgan fingerprint density at radius 1 is 1.13 bits per heavy atom. The van der Waals surface area contributed by atoms with Crippen LogP contribution in [0, 0.1) is 0 Å². The lowest BCUT2D eigenvalue weighted by Crippen LogP contribution is -2.26. The molecule has 30 heavy (non-hydrogen) atoms. The number of carbonyl (C=O) groups is 1. The summed E-state index contributed by atoms with van der Waals surface area (Å²) in [7, 11) is -3.58. The number of fused-ring (bicyclic) bond motifs is 1. The van der Waals surface area contributed by atoms with Crippen molar-refractivity contribution < 1.29 is 17.9 Å². The molecule has 0 aliphatic rings. The summed E-state index contributed by atoms with van der Waals surface area (Å²) in [6.07, 6.45) is 3.54. The molecule has 0 amide bonds. The maximum absolute atomic E-state index is 12.6. The Morgan fingerprint density at radius 2 is 1.87 bits per heavy atom. The van der Waals surface area contributed by atoms with Crippen LogP contribution in [0.1, 0.15) is 43.7 Å². The molecule has 2 N–H and O–H groups in total. The molecule has 3 aromatic rings. The van der Waals surface area contributed by atoms with Gasteiger partial charge < -0.3 is 9.72 Å². The van der Waals surface area contributed by atoms with Crippen LogP contribution in [0.15, 0.2) is 59.6 Å². The van der Waals surface area contributed by atoms with Gasteiger partial charge in [0.1, 0.15) is 0 Å². The zero-order chi connectivity index (χ0) is 21.6. The number of hydrogen-bond acceptors (Lipinski definition) is 4. The SMILES string of the molecule is CCOC(=O)CC[C@H](C)c1ccc(S(=O)(=O)NCCc2c[nH]c3ccccc23)cc1. The highest BCUT2D eigenvalue weighted by molar-refractivity contribution is 7.89. The number of rotatable bonds is 10. The zero-order valence-electron chi connectivity index (χ0n) is 17.4. The minimum absolute atomic E-state index is 0.140. The fourth-order valence-electron chi connectivity index (χ4n) is 3.45. The van der Waals surface area contributed by atoms with Crippen molar-refractivity contribution in [2.45, 2.75) is 43.9 Å². The minimum atomic E-state index is -3.58. The fraction of sp³-hybridized carbons (Fsp3) is 0.348. The Hall–Kier alpha value is -2.64. The van der Waals surface area contributed by atoms with Gasteiger partial charge in [0.15, 0.2) is 0 Å². The van der Waals surface area contributed by atoms with E-state index >= 15 is 0 Å². The maximum Gasteiger partial charge on any atom is 0.305 e. The van der Waals surface area contributed by atoms with Crippen LogP contribution >= 0.6 is 0 Å². The first-order valence-electron chi connectivity index (χ1n) is 10.2. The Bertz CT molecular complexity index is 1090. The summed E-state index contributed by atoms with van der Waals surface area (Å²) >= 11 is 0.